The van der Waals surface area contributed by atoms with Crippen molar-refractivity contribution >= 4 is 33.2 Å². The van der Waals surface area contributed by atoms with Crippen molar-refractivity contribution in [2.24, 2.45) is 0 Å². The summed E-state index contributed by atoms with van der Waals surface area (Å²) in [5.41, 5.74) is 1.09. The van der Waals surface area contributed by atoms with Gasteiger partial charge in [0.15, 0.2) is 11.5 Å². The fourth-order valence-electron chi connectivity index (χ4n) is 3.80. The quantitative estimate of drug-likeness (QED) is 0.583. The van der Waals surface area contributed by atoms with E-state index >= 15 is 0 Å². The SMILES string of the molecule is COc1ccc(NC(=O)CCNS(=O)(=O)c2ccc3c(c2)OCCCO3)cc1N1CCCC1=O. The van der Waals surface area contributed by atoms with Gasteiger partial charge in [-0.15, -0.1) is 0 Å². The van der Waals surface area contributed by atoms with Crippen molar-refractivity contribution in [2.75, 3.05) is 43.6 Å². The molecule has 1 saturated heterocycles. The Morgan fingerprint density at radius 1 is 1.09 bits per heavy atom. The summed E-state index contributed by atoms with van der Waals surface area (Å²) in [6.07, 6.45) is 1.88. The highest BCUT2D eigenvalue weighted by Gasteiger charge is 2.25. The third kappa shape index (κ3) is 5.42. The summed E-state index contributed by atoms with van der Waals surface area (Å²) in [4.78, 5) is 26.2. The van der Waals surface area contributed by atoms with E-state index in [9.17, 15) is 18.0 Å². The molecule has 2 N–H and O–H groups in total. The molecule has 0 unspecified atom stereocenters. The van der Waals surface area contributed by atoms with Gasteiger partial charge in [0.1, 0.15) is 5.75 Å². The second-order valence-electron chi connectivity index (χ2n) is 7.89. The predicted molar refractivity (Wildman–Crippen MR) is 125 cm³/mol. The molecule has 0 atom stereocenters. The highest BCUT2D eigenvalue weighted by Crippen LogP contribution is 2.34. The lowest BCUT2D eigenvalue weighted by Crippen LogP contribution is -2.28. The minimum Gasteiger partial charge on any atom is -0.495 e. The van der Waals surface area contributed by atoms with Crippen LogP contribution in [0, 0.1) is 0 Å². The van der Waals surface area contributed by atoms with Gasteiger partial charge < -0.3 is 24.4 Å². The van der Waals surface area contributed by atoms with Gasteiger partial charge in [-0.1, -0.05) is 0 Å². The molecule has 0 aliphatic carbocycles. The van der Waals surface area contributed by atoms with Crippen LogP contribution in [0.25, 0.3) is 0 Å². The zero-order chi connectivity index (χ0) is 24.1. The Bertz CT molecular complexity index is 1180. The van der Waals surface area contributed by atoms with Gasteiger partial charge in [0, 0.05) is 44.1 Å². The number of hydrogen-bond donors (Lipinski definition) is 2. The number of methoxy groups -OCH3 is 1. The number of rotatable bonds is 8. The largest absolute Gasteiger partial charge is 0.495 e. The second kappa shape index (κ2) is 10.3. The molecule has 2 amide bonds. The van der Waals surface area contributed by atoms with Crippen LogP contribution in [-0.2, 0) is 19.6 Å². The van der Waals surface area contributed by atoms with E-state index in [4.69, 9.17) is 14.2 Å². The van der Waals surface area contributed by atoms with Gasteiger partial charge in [-0.3, -0.25) is 9.59 Å². The maximum absolute atomic E-state index is 12.6. The van der Waals surface area contributed by atoms with Crippen molar-refractivity contribution < 1.29 is 32.2 Å². The Kier molecular flexibility index (Phi) is 7.23. The molecule has 1 fully saturated rings. The third-order valence-electron chi connectivity index (χ3n) is 5.50. The highest BCUT2D eigenvalue weighted by molar-refractivity contribution is 7.89. The normalized spacial score (nSPS) is 15.7. The highest BCUT2D eigenvalue weighted by atomic mass is 32.2. The first-order chi connectivity index (χ1) is 16.4. The van der Waals surface area contributed by atoms with Gasteiger partial charge in [-0.25, -0.2) is 13.1 Å². The molecule has 2 aliphatic heterocycles. The van der Waals surface area contributed by atoms with E-state index in [0.717, 1.165) is 6.42 Å². The molecule has 0 spiro atoms. The average Bonchev–Trinajstić information content (AvgIpc) is 3.10. The van der Waals surface area contributed by atoms with Crippen LogP contribution in [0.2, 0.25) is 0 Å². The number of nitrogens with one attached hydrogen (secondary N) is 2. The van der Waals surface area contributed by atoms with Crippen LogP contribution in [0.3, 0.4) is 0 Å². The molecule has 4 rings (SSSR count). The van der Waals surface area contributed by atoms with E-state index in [1.54, 1.807) is 29.2 Å². The fourth-order valence-corrected chi connectivity index (χ4v) is 4.84. The smallest absolute Gasteiger partial charge is 0.240 e. The van der Waals surface area contributed by atoms with Gasteiger partial charge in [-0.2, -0.15) is 0 Å². The predicted octanol–water partition coefficient (Wildman–Crippen LogP) is 2.29. The summed E-state index contributed by atoms with van der Waals surface area (Å²) < 4.78 is 44.2. The first-order valence-corrected chi connectivity index (χ1v) is 12.5. The lowest BCUT2D eigenvalue weighted by Gasteiger charge is -2.20. The number of sulfonamides is 1. The Morgan fingerprint density at radius 2 is 1.88 bits per heavy atom. The van der Waals surface area contributed by atoms with Crippen LogP contribution >= 0.6 is 0 Å². The maximum atomic E-state index is 12.6. The van der Waals surface area contributed by atoms with Crippen molar-refractivity contribution in [1.29, 1.82) is 0 Å². The minimum absolute atomic E-state index is 0.00551. The molecular formula is C23H27N3O7S. The van der Waals surface area contributed by atoms with E-state index in [-0.39, 0.29) is 29.7 Å². The summed E-state index contributed by atoms with van der Waals surface area (Å²) in [7, 11) is -2.31. The van der Waals surface area contributed by atoms with Crippen LogP contribution in [-0.4, -0.2) is 53.6 Å². The molecule has 2 heterocycles. The summed E-state index contributed by atoms with van der Waals surface area (Å²) >= 11 is 0. The van der Waals surface area contributed by atoms with Crippen molar-refractivity contribution in [3.8, 4) is 17.2 Å². The molecular weight excluding hydrogens is 462 g/mol. The van der Waals surface area contributed by atoms with Crippen LogP contribution in [0.15, 0.2) is 41.3 Å². The molecule has 11 heteroatoms. The number of ether oxygens (including phenoxy) is 3. The lowest BCUT2D eigenvalue weighted by molar-refractivity contribution is -0.117. The molecule has 10 nitrogen and oxygen atoms in total. The van der Waals surface area contributed by atoms with Gasteiger partial charge in [-0.05, 0) is 36.8 Å². The molecule has 0 aromatic heterocycles. The van der Waals surface area contributed by atoms with Crippen LogP contribution in [0.4, 0.5) is 11.4 Å². The Hall–Kier alpha value is -3.31. The van der Waals surface area contributed by atoms with Gasteiger partial charge >= 0.3 is 0 Å². The molecule has 0 bridgehead atoms. The number of carbonyl (C=O) groups is 2. The zero-order valence-corrected chi connectivity index (χ0v) is 19.7. The maximum Gasteiger partial charge on any atom is 0.240 e. The summed E-state index contributed by atoms with van der Waals surface area (Å²) in [5, 5.41) is 2.74. The van der Waals surface area contributed by atoms with Crippen molar-refractivity contribution in [3.05, 3.63) is 36.4 Å². The minimum atomic E-state index is -3.83. The molecule has 34 heavy (non-hydrogen) atoms. The number of nitrogens with zero attached hydrogens (tertiary/aromatic N) is 1. The molecule has 0 radical (unpaired) electrons. The molecule has 2 aromatic rings. The third-order valence-corrected chi connectivity index (χ3v) is 6.96. The number of benzene rings is 2. The average molecular weight is 490 g/mol. The standard InChI is InChI=1S/C23H27N3O7S/c1-31-19-7-5-16(14-18(19)26-11-2-4-23(26)28)25-22(27)9-10-24-34(29,30)17-6-8-20-21(15-17)33-13-3-12-32-20/h5-8,14-15,24H,2-4,9-13H2,1H3,(H,25,27). The Labute approximate surface area is 198 Å². The number of anilines is 2. The van der Waals surface area contributed by atoms with E-state index in [1.165, 1.54) is 19.2 Å². The van der Waals surface area contributed by atoms with Crippen molar-refractivity contribution in [1.82, 2.24) is 4.72 Å². The summed E-state index contributed by atoms with van der Waals surface area (Å²) in [6, 6.07) is 9.46. The molecule has 0 saturated carbocycles. The van der Waals surface area contributed by atoms with Crippen LogP contribution in [0.5, 0.6) is 17.2 Å². The first-order valence-electron chi connectivity index (χ1n) is 11.0. The van der Waals surface area contributed by atoms with Gasteiger partial charge in [0.05, 0.1) is 30.9 Å². The molecule has 2 aromatic carbocycles. The first kappa shape index (κ1) is 23.8. The topological polar surface area (TPSA) is 123 Å². The number of fused-ring (bicyclic) bond motifs is 1. The fraction of sp³-hybridized carbons (Fsp3) is 0.391. The lowest BCUT2D eigenvalue weighted by atomic mass is 10.2. The molecule has 2 aliphatic rings. The van der Waals surface area contributed by atoms with Gasteiger partial charge in [0.2, 0.25) is 21.8 Å². The second-order valence-corrected chi connectivity index (χ2v) is 9.66. The van der Waals surface area contributed by atoms with E-state index in [2.05, 4.69) is 10.0 Å². The van der Waals surface area contributed by atoms with Crippen molar-refractivity contribution in [3.63, 3.8) is 0 Å². The number of amides is 2. The number of carbonyl (C=O) groups excluding carboxylic acids is 2. The van der Waals surface area contributed by atoms with E-state index in [0.29, 0.717) is 61.2 Å². The zero-order valence-electron chi connectivity index (χ0n) is 18.8. The van der Waals surface area contributed by atoms with E-state index < -0.39 is 10.0 Å². The monoisotopic (exact) mass is 489 g/mol. The van der Waals surface area contributed by atoms with E-state index in [1.807, 2.05) is 0 Å². The van der Waals surface area contributed by atoms with Crippen molar-refractivity contribution in [2.45, 2.75) is 30.6 Å². The molecule has 182 valence electrons. The summed E-state index contributed by atoms with van der Waals surface area (Å²) in [5.74, 6) is 1.06. The Morgan fingerprint density at radius 3 is 2.62 bits per heavy atom. The van der Waals surface area contributed by atoms with Gasteiger partial charge in [0.25, 0.3) is 0 Å². The van der Waals surface area contributed by atoms with Crippen LogP contribution in [0.1, 0.15) is 25.7 Å². The Balaban J connectivity index is 1.35. The summed E-state index contributed by atoms with van der Waals surface area (Å²) in [6.45, 7) is 1.46. The van der Waals surface area contributed by atoms with Crippen LogP contribution < -0.4 is 29.1 Å². The number of hydrogen-bond acceptors (Lipinski definition) is 7.